The van der Waals surface area contributed by atoms with Crippen LogP contribution in [0.15, 0.2) is 61.2 Å². The van der Waals surface area contributed by atoms with E-state index in [1.807, 2.05) is 28.8 Å². The molecular formula is C48H61N5O9Si2. The smallest absolute Gasteiger partial charge is 0.303 e. The van der Waals surface area contributed by atoms with Gasteiger partial charge in [0.1, 0.15) is 18.7 Å². The molecule has 0 radical (unpaired) electrons. The van der Waals surface area contributed by atoms with Gasteiger partial charge in [0.05, 0.1) is 25.1 Å². The van der Waals surface area contributed by atoms with E-state index >= 15 is 0 Å². The third-order valence-electron chi connectivity index (χ3n) is 14.0. The van der Waals surface area contributed by atoms with Crippen LogP contribution in [0.5, 0.6) is 0 Å². The second-order valence-corrected chi connectivity index (χ2v) is 30.0. The zero-order chi connectivity index (χ0) is 46.3. The van der Waals surface area contributed by atoms with Crippen LogP contribution in [0.4, 0.5) is 5.82 Å². The molecule has 1 aliphatic carbocycles. The minimum atomic E-state index is -2.22. The molecule has 2 aromatic heterocycles. The largest absolute Gasteiger partial charge is 0.456 e. The van der Waals surface area contributed by atoms with Crippen LogP contribution in [0.1, 0.15) is 98.2 Å². The maximum Gasteiger partial charge on any atom is 0.303 e. The molecule has 3 heterocycles. The summed E-state index contributed by atoms with van der Waals surface area (Å²) in [7, 11) is -4.34. The summed E-state index contributed by atoms with van der Waals surface area (Å²) < 4.78 is 40.7. The van der Waals surface area contributed by atoms with E-state index in [0.29, 0.717) is 41.1 Å². The number of ether oxygens (including phenoxy) is 4. The Bertz CT molecular complexity index is 2740. The molecule has 8 rings (SSSR count). The van der Waals surface area contributed by atoms with Gasteiger partial charge >= 0.3 is 17.9 Å². The van der Waals surface area contributed by atoms with Crippen molar-refractivity contribution < 1.29 is 42.2 Å². The zero-order valence-electron chi connectivity index (χ0n) is 39.2. The molecule has 14 nitrogen and oxygen atoms in total. The molecule has 1 aliphatic heterocycles. The number of esters is 3. The standard InChI is InChI=1S/C48H61N5O9Si2/c1-26(54)58-42-33-21-31-18-17-29-15-14-16-30-19-20-32(38(31)37(29)30)39(33)40(43(59-27(2)55)44(42)60-28(3)56)52-45-41-46(50-24-49-45)53(25-51-41)36-22-34(62-64(12,13)48(7,8)9)35(61-36)23-57-63(10,11)47(4,5)6/h14-21,24-25,34-36,40,42-44H,22-23H2,1-13H3,(H,49,50,52)/t34-,35+,36+,40?,42+,43?,44-/m0/s1. The lowest BCUT2D eigenvalue weighted by Crippen LogP contribution is -2.50. The third-order valence-corrected chi connectivity index (χ3v) is 23.0. The molecular weight excluding hydrogens is 847 g/mol. The molecule has 2 unspecified atom stereocenters. The van der Waals surface area contributed by atoms with Crippen molar-refractivity contribution in [1.82, 2.24) is 19.5 Å². The van der Waals surface area contributed by atoms with Crippen LogP contribution in [-0.4, -0.2) is 85.1 Å². The fourth-order valence-electron chi connectivity index (χ4n) is 8.77. The highest BCUT2D eigenvalue weighted by atomic mass is 28.4. The van der Waals surface area contributed by atoms with Gasteiger partial charge in [-0.2, -0.15) is 0 Å². The van der Waals surface area contributed by atoms with E-state index in [1.165, 1.54) is 27.1 Å². The van der Waals surface area contributed by atoms with Crippen LogP contribution in [0.2, 0.25) is 36.3 Å². The third kappa shape index (κ3) is 8.27. The second-order valence-electron chi connectivity index (χ2n) is 20.4. The Morgan fingerprint density at radius 3 is 2.05 bits per heavy atom. The number of nitrogens with one attached hydrogen (secondary N) is 1. The summed E-state index contributed by atoms with van der Waals surface area (Å²) in [5, 5.41) is 9.53. The van der Waals surface area contributed by atoms with Crippen molar-refractivity contribution in [1.29, 1.82) is 0 Å². The number of fused-ring (bicyclic) bond motifs is 3. The number of imidazole rings is 1. The first-order valence-electron chi connectivity index (χ1n) is 22.1. The number of benzene rings is 4. The predicted molar refractivity (Wildman–Crippen MR) is 251 cm³/mol. The molecule has 0 saturated carbocycles. The Hall–Kier alpha value is -5.01. The van der Waals surface area contributed by atoms with Gasteiger partial charge in [0.15, 0.2) is 51.9 Å². The first-order valence-corrected chi connectivity index (χ1v) is 27.9. The number of carbonyl (C=O) groups is 3. The Balaban J connectivity index is 1.24. The molecule has 4 aromatic carbocycles. The van der Waals surface area contributed by atoms with Crippen molar-refractivity contribution in [2.45, 2.75) is 148 Å². The quantitative estimate of drug-likeness (QED) is 0.0566. The van der Waals surface area contributed by atoms with Crippen LogP contribution >= 0.6 is 0 Å². The topological polar surface area (TPSA) is 162 Å². The number of hydrogen-bond donors (Lipinski definition) is 1. The van der Waals surface area contributed by atoms with Gasteiger partial charge in [0.25, 0.3) is 0 Å². The summed E-state index contributed by atoms with van der Waals surface area (Å²) in [5.41, 5.74) is 2.26. The molecule has 0 amide bonds. The maximum atomic E-state index is 13.1. The van der Waals surface area contributed by atoms with Gasteiger partial charge < -0.3 is 33.1 Å². The molecule has 6 aromatic rings. The highest BCUT2D eigenvalue weighted by molar-refractivity contribution is 6.74. The van der Waals surface area contributed by atoms with Gasteiger partial charge in [-0.1, -0.05) is 84.0 Å². The summed E-state index contributed by atoms with van der Waals surface area (Å²) in [5.74, 6) is -1.49. The first kappa shape index (κ1) is 45.6. The van der Waals surface area contributed by atoms with E-state index in [4.69, 9.17) is 42.8 Å². The molecule has 1 N–H and O–H groups in total. The van der Waals surface area contributed by atoms with Crippen molar-refractivity contribution in [2.75, 3.05) is 11.9 Å². The number of rotatable bonds is 11. The first-order chi connectivity index (χ1) is 30.0. The van der Waals surface area contributed by atoms with Crippen LogP contribution in [0.3, 0.4) is 0 Å². The lowest BCUT2D eigenvalue weighted by molar-refractivity contribution is -0.187. The van der Waals surface area contributed by atoms with Gasteiger partial charge in [0, 0.05) is 32.8 Å². The lowest BCUT2D eigenvalue weighted by Gasteiger charge is -2.43. The number of nitrogens with zero attached hydrogens (tertiary/aromatic N) is 4. The Kier molecular flexibility index (Phi) is 11.7. The highest BCUT2D eigenvalue weighted by Gasteiger charge is 2.51. The minimum absolute atomic E-state index is 0.0181. The number of aromatic nitrogens is 4. The van der Waals surface area contributed by atoms with E-state index in [1.54, 1.807) is 6.33 Å². The predicted octanol–water partition coefficient (Wildman–Crippen LogP) is 10.1. The van der Waals surface area contributed by atoms with Crippen molar-refractivity contribution in [3.05, 3.63) is 72.3 Å². The number of anilines is 1. The average Bonchev–Trinajstić information content (AvgIpc) is 3.81. The van der Waals surface area contributed by atoms with Crippen molar-refractivity contribution >= 4 is 83.8 Å². The summed E-state index contributed by atoms with van der Waals surface area (Å²) >= 11 is 0. The molecule has 2 aliphatic rings. The maximum absolute atomic E-state index is 13.1. The number of hydrogen-bond acceptors (Lipinski definition) is 13. The van der Waals surface area contributed by atoms with Gasteiger partial charge in [-0.25, -0.2) is 15.0 Å². The van der Waals surface area contributed by atoms with Crippen molar-refractivity contribution in [2.24, 2.45) is 0 Å². The second kappa shape index (κ2) is 16.5. The Morgan fingerprint density at radius 2 is 1.41 bits per heavy atom. The molecule has 1 saturated heterocycles. The zero-order valence-corrected chi connectivity index (χ0v) is 41.2. The van der Waals surface area contributed by atoms with Gasteiger partial charge in [-0.05, 0) is 80.2 Å². The lowest BCUT2D eigenvalue weighted by atomic mass is 9.77. The van der Waals surface area contributed by atoms with Crippen molar-refractivity contribution in [3.8, 4) is 0 Å². The van der Waals surface area contributed by atoms with E-state index in [9.17, 15) is 14.4 Å². The van der Waals surface area contributed by atoms with E-state index in [2.05, 4.69) is 97.3 Å². The fourth-order valence-corrected chi connectivity index (χ4v) is 11.1. The SMILES string of the molecule is CC(=O)OC1C(Nc2ncnc3c2ncn3[C@H]2C[C@H](O[Si](C)(C)C(C)(C)C)[C@@H](CO[Si](C)(C)C(C)(C)C)O2)c2c(cc3ccc4cccc5ccc2c3c45)[C@@H](OC(C)=O)[C@@H]1OC(C)=O. The summed E-state index contributed by atoms with van der Waals surface area (Å²) in [6.45, 7) is 26.6. The Labute approximate surface area is 376 Å². The molecule has 16 heteroatoms. The van der Waals surface area contributed by atoms with Crippen LogP contribution in [0.25, 0.3) is 43.5 Å². The highest BCUT2D eigenvalue weighted by Crippen LogP contribution is 2.50. The molecule has 7 atom stereocenters. The van der Waals surface area contributed by atoms with Gasteiger partial charge in [0.2, 0.25) is 0 Å². The van der Waals surface area contributed by atoms with E-state index in [-0.39, 0.29) is 22.3 Å². The normalized spacial score (nSPS) is 23.2. The summed E-state index contributed by atoms with van der Waals surface area (Å²) in [6, 6.07) is 15.5. The molecule has 0 spiro atoms. The van der Waals surface area contributed by atoms with E-state index in [0.717, 1.165) is 32.3 Å². The minimum Gasteiger partial charge on any atom is -0.456 e. The Morgan fingerprint density at radius 1 is 0.781 bits per heavy atom. The number of carbonyl (C=O) groups excluding carboxylic acids is 3. The molecule has 1 fully saturated rings. The van der Waals surface area contributed by atoms with Crippen LogP contribution in [0, 0.1) is 0 Å². The monoisotopic (exact) mass is 907 g/mol. The summed E-state index contributed by atoms with van der Waals surface area (Å²) in [4.78, 5) is 53.1. The van der Waals surface area contributed by atoms with Crippen LogP contribution in [-0.2, 0) is 42.2 Å². The molecule has 340 valence electrons. The average molecular weight is 908 g/mol. The van der Waals surface area contributed by atoms with Gasteiger partial charge in [-0.15, -0.1) is 0 Å². The van der Waals surface area contributed by atoms with Crippen LogP contribution < -0.4 is 5.32 Å². The fraction of sp³-hybridized carbons (Fsp3) is 0.500. The van der Waals surface area contributed by atoms with E-state index < -0.39 is 65.1 Å². The van der Waals surface area contributed by atoms with Crippen molar-refractivity contribution in [3.63, 3.8) is 0 Å². The van der Waals surface area contributed by atoms with Gasteiger partial charge in [-0.3, -0.25) is 19.0 Å². The summed E-state index contributed by atoms with van der Waals surface area (Å²) in [6.07, 6.45) is -0.823. The molecule has 64 heavy (non-hydrogen) atoms. The molecule has 0 bridgehead atoms.